The van der Waals surface area contributed by atoms with E-state index in [1.165, 1.54) is 11.3 Å². The summed E-state index contributed by atoms with van der Waals surface area (Å²) in [7, 11) is -3.47. The Morgan fingerprint density at radius 3 is 2.65 bits per heavy atom. The molecule has 1 heterocycles. The molecular weight excluding hydrogens is 298 g/mol. The van der Waals surface area contributed by atoms with Crippen molar-refractivity contribution < 1.29 is 13.2 Å². The third kappa shape index (κ3) is 4.46. The van der Waals surface area contributed by atoms with Gasteiger partial charge >= 0.3 is 0 Å². The van der Waals surface area contributed by atoms with Gasteiger partial charge in [0.15, 0.2) is 0 Å². The molecule has 0 bridgehead atoms. The van der Waals surface area contributed by atoms with E-state index in [1.807, 2.05) is 25.1 Å². The number of rotatable bonds is 7. The lowest BCUT2D eigenvalue weighted by molar-refractivity contribution is 0.341. The Balaban J connectivity index is 1.85. The summed E-state index contributed by atoms with van der Waals surface area (Å²) in [6, 6.07) is 9.08. The Morgan fingerprint density at radius 1 is 1.25 bits per heavy atom. The molecule has 2 aromatic rings. The fraction of sp³-hybridized carbons (Fsp3) is 0.333. The number of para-hydroxylation sites is 1. The zero-order chi connectivity index (χ0) is 14.4. The molecule has 0 aliphatic rings. The van der Waals surface area contributed by atoms with Crippen molar-refractivity contribution in [3.05, 3.63) is 35.3 Å². The molecule has 20 heavy (non-hydrogen) atoms. The van der Waals surface area contributed by atoms with Gasteiger partial charge in [-0.1, -0.05) is 36.5 Å². The summed E-state index contributed by atoms with van der Waals surface area (Å²) < 4.78 is 31.4. The molecule has 2 rings (SSSR count). The highest BCUT2D eigenvalue weighted by Crippen LogP contribution is 2.17. The van der Waals surface area contributed by atoms with E-state index in [4.69, 9.17) is 4.74 Å². The first-order chi connectivity index (χ1) is 9.59. The van der Waals surface area contributed by atoms with E-state index in [1.54, 1.807) is 12.1 Å². The van der Waals surface area contributed by atoms with Crippen molar-refractivity contribution in [2.45, 2.75) is 13.3 Å². The lowest BCUT2D eigenvalue weighted by Gasteiger charge is -2.07. The molecular formula is C12H15N3O3S2. The van der Waals surface area contributed by atoms with Gasteiger partial charge in [0, 0.05) is 0 Å². The maximum atomic E-state index is 11.8. The Hall–Kier alpha value is -1.67. The topological polar surface area (TPSA) is 81.2 Å². The molecule has 0 fully saturated rings. The first-order valence-corrected chi connectivity index (χ1v) is 8.56. The molecule has 0 radical (unpaired) electrons. The minimum absolute atomic E-state index is 0.0821. The van der Waals surface area contributed by atoms with Gasteiger partial charge in [0.25, 0.3) is 0 Å². The maximum absolute atomic E-state index is 11.8. The highest BCUT2D eigenvalue weighted by atomic mass is 32.2. The normalized spacial score (nSPS) is 11.2. The SMILES string of the molecule is CCc1nnc(NS(=O)(=O)CCOc2ccccc2)s1. The minimum Gasteiger partial charge on any atom is -0.492 e. The second-order valence-corrected chi connectivity index (χ2v) is 6.84. The number of hydrogen-bond acceptors (Lipinski definition) is 6. The third-order valence-electron chi connectivity index (χ3n) is 2.38. The standard InChI is InChI=1S/C12H15N3O3S2/c1-2-11-13-14-12(19-11)15-20(16,17)9-8-18-10-6-4-3-5-7-10/h3-7H,2,8-9H2,1H3,(H,14,15). The van der Waals surface area contributed by atoms with Gasteiger partial charge in [0.1, 0.15) is 23.1 Å². The number of ether oxygens (including phenoxy) is 1. The molecule has 0 amide bonds. The molecule has 0 unspecified atom stereocenters. The molecule has 0 spiro atoms. The molecule has 1 aromatic heterocycles. The summed E-state index contributed by atoms with van der Waals surface area (Å²) in [5.74, 6) is 0.509. The second-order valence-electron chi connectivity index (χ2n) is 3.94. The number of aromatic nitrogens is 2. The lowest BCUT2D eigenvalue weighted by atomic mass is 10.3. The Kier molecular flexibility index (Phi) is 4.91. The fourth-order valence-corrected chi connectivity index (χ4v) is 3.20. The van der Waals surface area contributed by atoms with Crippen LogP contribution in [0.15, 0.2) is 30.3 Å². The van der Waals surface area contributed by atoms with E-state index in [9.17, 15) is 8.42 Å². The molecule has 6 nitrogen and oxygen atoms in total. The zero-order valence-electron chi connectivity index (χ0n) is 10.9. The van der Waals surface area contributed by atoms with Crippen molar-refractivity contribution in [3.63, 3.8) is 0 Å². The average Bonchev–Trinajstić information content (AvgIpc) is 2.86. The van der Waals surface area contributed by atoms with Gasteiger partial charge in [0.2, 0.25) is 15.2 Å². The van der Waals surface area contributed by atoms with Crippen LogP contribution >= 0.6 is 11.3 Å². The van der Waals surface area contributed by atoms with Crippen molar-refractivity contribution in [2.24, 2.45) is 0 Å². The van der Waals surface area contributed by atoms with E-state index in [2.05, 4.69) is 14.9 Å². The van der Waals surface area contributed by atoms with Crippen LogP contribution in [-0.4, -0.2) is 31.0 Å². The summed E-state index contributed by atoms with van der Waals surface area (Å²) in [5, 5.41) is 8.72. The van der Waals surface area contributed by atoms with Crippen molar-refractivity contribution in [1.82, 2.24) is 10.2 Å². The van der Waals surface area contributed by atoms with E-state index in [0.717, 1.165) is 11.4 Å². The Bertz CT molecular complexity index is 641. The van der Waals surface area contributed by atoms with Gasteiger partial charge in [-0.15, -0.1) is 10.2 Å². The van der Waals surface area contributed by atoms with E-state index < -0.39 is 10.0 Å². The number of sulfonamides is 1. The van der Waals surface area contributed by atoms with E-state index in [-0.39, 0.29) is 12.4 Å². The number of nitrogens with one attached hydrogen (secondary N) is 1. The highest BCUT2D eigenvalue weighted by Gasteiger charge is 2.13. The molecule has 108 valence electrons. The zero-order valence-corrected chi connectivity index (χ0v) is 12.6. The van der Waals surface area contributed by atoms with Gasteiger partial charge in [0.05, 0.1) is 0 Å². The smallest absolute Gasteiger partial charge is 0.237 e. The minimum atomic E-state index is -3.47. The average molecular weight is 313 g/mol. The number of aryl methyl sites for hydroxylation is 1. The van der Waals surface area contributed by atoms with Crippen LogP contribution in [-0.2, 0) is 16.4 Å². The van der Waals surface area contributed by atoms with Crippen molar-refractivity contribution in [1.29, 1.82) is 0 Å². The van der Waals surface area contributed by atoms with Crippen LogP contribution in [0.4, 0.5) is 5.13 Å². The molecule has 0 atom stereocenters. The Morgan fingerprint density at radius 2 is 2.00 bits per heavy atom. The van der Waals surface area contributed by atoms with E-state index >= 15 is 0 Å². The summed E-state index contributed by atoms with van der Waals surface area (Å²) in [4.78, 5) is 0. The first kappa shape index (κ1) is 14.7. The largest absolute Gasteiger partial charge is 0.492 e. The number of benzene rings is 1. The molecule has 0 aliphatic heterocycles. The molecule has 8 heteroatoms. The first-order valence-electron chi connectivity index (χ1n) is 6.10. The summed E-state index contributed by atoms with van der Waals surface area (Å²) in [6.07, 6.45) is 0.733. The lowest BCUT2D eigenvalue weighted by Crippen LogP contribution is -2.21. The van der Waals surface area contributed by atoms with Crippen LogP contribution in [0.5, 0.6) is 5.75 Å². The monoisotopic (exact) mass is 313 g/mol. The third-order valence-corrected chi connectivity index (χ3v) is 4.70. The van der Waals surface area contributed by atoms with Crippen LogP contribution in [0.25, 0.3) is 0 Å². The molecule has 0 saturated carbocycles. The van der Waals surface area contributed by atoms with Crippen LogP contribution in [0.1, 0.15) is 11.9 Å². The maximum Gasteiger partial charge on any atom is 0.237 e. The highest BCUT2D eigenvalue weighted by molar-refractivity contribution is 7.92. The molecule has 1 N–H and O–H groups in total. The van der Waals surface area contributed by atoms with Crippen molar-refractivity contribution in [3.8, 4) is 5.75 Å². The number of anilines is 1. The molecule has 1 aromatic carbocycles. The van der Waals surface area contributed by atoms with Gasteiger partial charge in [-0.25, -0.2) is 8.42 Å². The predicted octanol–water partition coefficient (Wildman–Crippen LogP) is 1.92. The van der Waals surface area contributed by atoms with Crippen LogP contribution in [0.2, 0.25) is 0 Å². The van der Waals surface area contributed by atoms with Gasteiger partial charge in [-0.05, 0) is 18.6 Å². The Labute approximate surface area is 121 Å². The van der Waals surface area contributed by atoms with Crippen LogP contribution < -0.4 is 9.46 Å². The van der Waals surface area contributed by atoms with Crippen LogP contribution in [0, 0.1) is 0 Å². The number of nitrogens with zero attached hydrogens (tertiary/aromatic N) is 2. The second kappa shape index (κ2) is 6.67. The summed E-state index contributed by atoms with van der Waals surface area (Å²) in [5.41, 5.74) is 0. The molecule has 0 saturated heterocycles. The summed E-state index contributed by atoms with van der Waals surface area (Å²) in [6.45, 7) is 2.02. The fourth-order valence-electron chi connectivity index (χ4n) is 1.41. The van der Waals surface area contributed by atoms with Crippen molar-refractivity contribution >= 4 is 26.5 Å². The molecule has 0 aliphatic carbocycles. The quantitative estimate of drug-likeness (QED) is 0.844. The van der Waals surface area contributed by atoms with E-state index in [0.29, 0.717) is 10.9 Å². The number of hydrogen-bond donors (Lipinski definition) is 1. The predicted molar refractivity (Wildman–Crippen MR) is 78.6 cm³/mol. The summed E-state index contributed by atoms with van der Waals surface area (Å²) >= 11 is 1.24. The van der Waals surface area contributed by atoms with Crippen LogP contribution in [0.3, 0.4) is 0 Å². The van der Waals surface area contributed by atoms with Crippen molar-refractivity contribution in [2.75, 3.05) is 17.1 Å². The van der Waals surface area contributed by atoms with Gasteiger partial charge in [-0.3, -0.25) is 4.72 Å². The van der Waals surface area contributed by atoms with Gasteiger partial charge < -0.3 is 4.74 Å². The van der Waals surface area contributed by atoms with Gasteiger partial charge in [-0.2, -0.15) is 0 Å².